The standard InChI is InChI=1S/C17H19NO2/c1-2-17(18-13-16(19)20,14-9-5-3-6-10-14)15-11-7-4-8-12-15/h3-12,18H,2,13H2,1H3,(H,19,20). The summed E-state index contributed by atoms with van der Waals surface area (Å²) < 4.78 is 0. The quantitative estimate of drug-likeness (QED) is 0.847. The Bertz CT molecular complexity index is 512. The first-order chi connectivity index (χ1) is 9.69. The van der Waals surface area contributed by atoms with Crippen LogP contribution in [0.4, 0.5) is 0 Å². The first-order valence-electron chi connectivity index (χ1n) is 6.77. The Balaban J connectivity index is 2.49. The van der Waals surface area contributed by atoms with Gasteiger partial charge in [-0.2, -0.15) is 0 Å². The van der Waals surface area contributed by atoms with Crippen molar-refractivity contribution in [2.24, 2.45) is 0 Å². The van der Waals surface area contributed by atoms with Crippen LogP contribution in [-0.2, 0) is 10.3 Å². The average Bonchev–Trinajstić information content (AvgIpc) is 2.50. The lowest BCUT2D eigenvalue weighted by Gasteiger charge is -2.35. The summed E-state index contributed by atoms with van der Waals surface area (Å²) in [5.41, 5.74) is 1.69. The van der Waals surface area contributed by atoms with Crippen LogP contribution in [0.25, 0.3) is 0 Å². The van der Waals surface area contributed by atoms with E-state index >= 15 is 0 Å². The molecule has 0 aliphatic carbocycles. The van der Waals surface area contributed by atoms with Gasteiger partial charge in [0.1, 0.15) is 0 Å². The molecule has 0 amide bonds. The van der Waals surface area contributed by atoms with E-state index in [-0.39, 0.29) is 6.54 Å². The van der Waals surface area contributed by atoms with Crippen molar-refractivity contribution in [3.63, 3.8) is 0 Å². The van der Waals surface area contributed by atoms with Crippen LogP contribution in [0.15, 0.2) is 60.7 Å². The molecule has 0 saturated carbocycles. The molecule has 2 rings (SSSR count). The second-order valence-electron chi connectivity index (χ2n) is 4.74. The molecule has 0 unspecified atom stereocenters. The fourth-order valence-corrected chi connectivity index (χ4v) is 2.58. The molecule has 0 heterocycles. The predicted molar refractivity (Wildman–Crippen MR) is 79.6 cm³/mol. The largest absolute Gasteiger partial charge is 0.480 e. The Morgan fingerprint density at radius 2 is 1.45 bits per heavy atom. The third-order valence-corrected chi connectivity index (χ3v) is 3.60. The van der Waals surface area contributed by atoms with E-state index in [0.717, 1.165) is 17.5 Å². The highest BCUT2D eigenvalue weighted by Gasteiger charge is 2.32. The van der Waals surface area contributed by atoms with Crippen LogP contribution in [0, 0.1) is 0 Å². The van der Waals surface area contributed by atoms with Crippen LogP contribution >= 0.6 is 0 Å². The van der Waals surface area contributed by atoms with Gasteiger partial charge in [-0.1, -0.05) is 67.6 Å². The molecule has 0 aromatic heterocycles. The first-order valence-corrected chi connectivity index (χ1v) is 6.77. The fourth-order valence-electron chi connectivity index (χ4n) is 2.58. The second kappa shape index (κ2) is 6.35. The van der Waals surface area contributed by atoms with Gasteiger partial charge in [-0.3, -0.25) is 10.1 Å². The van der Waals surface area contributed by atoms with Gasteiger partial charge >= 0.3 is 5.97 Å². The van der Waals surface area contributed by atoms with Crippen molar-refractivity contribution < 1.29 is 9.90 Å². The highest BCUT2D eigenvalue weighted by molar-refractivity contribution is 5.69. The van der Waals surface area contributed by atoms with E-state index in [0.29, 0.717) is 0 Å². The first kappa shape index (κ1) is 14.3. The maximum Gasteiger partial charge on any atom is 0.317 e. The van der Waals surface area contributed by atoms with E-state index in [9.17, 15) is 4.79 Å². The van der Waals surface area contributed by atoms with Crippen molar-refractivity contribution in [1.29, 1.82) is 0 Å². The summed E-state index contributed by atoms with van der Waals surface area (Å²) in [5.74, 6) is -0.852. The lowest BCUT2D eigenvalue weighted by Crippen LogP contribution is -2.45. The molecule has 2 N–H and O–H groups in total. The average molecular weight is 269 g/mol. The molecule has 0 saturated heterocycles. The zero-order valence-electron chi connectivity index (χ0n) is 11.5. The Kier molecular flexibility index (Phi) is 4.53. The number of nitrogens with one attached hydrogen (secondary N) is 1. The van der Waals surface area contributed by atoms with Crippen molar-refractivity contribution in [2.45, 2.75) is 18.9 Å². The SMILES string of the molecule is CCC(NCC(=O)O)(c1ccccc1)c1ccccc1. The van der Waals surface area contributed by atoms with Crippen molar-refractivity contribution in [3.05, 3.63) is 71.8 Å². The van der Waals surface area contributed by atoms with Crippen LogP contribution in [-0.4, -0.2) is 17.6 Å². The highest BCUT2D eigenvalue weighted by atomic mass is 16.4. The second-order valence-corrected chi connectivity index (χ2v) is 4.74. The van der Waals surface area contributed by atoms with Crippen molar-refractivity contribution in [3.8, 4) is 0 Å². The van der Waals surface area contributed by atoms with E-state index < -0.39 is 11.5 Å². The number of hydrogen-bond acceptors (Lipinski definition) is 2. The van der Waals surface area contributed by atoms with E-state index in [1.807, 2.05) is 60.7 Å². The molecular formula is C17H19NO2. The summed E-state index contributed by atoms with van der Waals surface area (Å²) in [4.78, 5) is 11.0. The van der Waals surface area contributed by atoms with Gasteiger partial charge in [-0.25, -0.2) is 0 Å². The molecule has 3 heteroatoms. The molecule has 0 aliphatic rings. The van der Waals surface area contributed by atoms with Crippen LogP contribution in [0.3, 0.4) is 0 Å². The minimum atomic E-state index is -0.852. The zero-order chi connectivity index (χ0) is 14.4. The lowest BCUT2D eigenvalue weighted by atomic mass is 9.80. The highest BCUT2D eigenvalue weighted by Crippen LogP contribution is 2.32. The van der Waals surface area contributed by atoms with Gasteiger partial charge in [0, 0.05) is 0 Å². The normalized spacial score (nSPS) is 11.2. The molecule has 3 nitrogen and oxygen atoms in total. The van der Waals surface area contributed by atoms with Gasteiger partial charge in [0.2, 0.25) is 0 Å². The van der Waals surface area contributed by atoms with Gasteiger partial charge in [-0.05, 0) is 17.5 Å². The maximum atomic E-state index is 11.0. The Hall–Kier alpha value is -2.13. The monoisotopic (exact) mass is 269 g/mol. The van der Waals surface area contributed by atoms with Crippen molar-refractivity contribution in [1.82, 2.24) is 5.32 Å². The summed E-state index contributed by atoms with van der Waals surface area (Å²) in [7, 11) is 0. The van der Waals surface area contributed by atoms with Crippen LogP contribution in [0.2, 0.25) is 0 Å². The molecule has 2 aromatic carbocycles. The molecule has 0 spiro atoms. The van der Waals surface area contributed by atoms with E-state index in [1.54, 1.807) is 0 Å². The number of hydrogen-bond donors (Lipinski definition) is 2. The molecule has 0 aliphatic heterocycles. The zero-order valence-corrected chi connectivity index (χ0v) is 11.5. The molecule has 0 fully saturated rings. The third kappa shape index (κ3) is 2.89. The maximum absolute atomic E-state index is 11.0. The summed E-state index contributed by atoms with van der Waals surface area (Å²) >= 11 is 0. The number of carbonyl (C=O) groups is 1. The predicted octanol–water partition coefficient (Wildman–Crippen LogP) is 3.01. The summed E-state index contributed by atoms with van der Waals surface area (Å²) in [5, 5.41) is 12.2. The number of carboxylic acid groups (broad SMARTS) is 1. The van der Waals surface area contributed by atoms with Gasteiger partial charge < -0.3 is 5.11 Å². The van der Waals surface area contributed by atoms with Crippen molar-refractivity contribution >= 4 is 5.97 Å². The molecular weight excluding hydrogens is 250 g/mol. The van der Waals surface area contributed by atoms with Crippen LogP contribution in [0.5, 0.6) is 0 Å². The molecule has 20 heavy (non-hydrogen) atoms. The van der Waals surface area contributed by atoms with E-state index in [1.165, 1.54) is 0 Å². The summed E-state index contributed by atoms with van der Waals surface area (Å²) in [6.07, 6.45) is 0.772. The smallest absolute Gasteiger partial charge is 0.317 e. The fraction of sp³-hybridized carbons (Fsp3) is 0.235. The number of benzene rings is 2. The Morgan fingerprint density at radius 1 is 1.00 bits per heavy atom. The molecule has 0 radical (unpaired) electrons. The number of rotatable bonds is 6. The topological polar surface area (TPSA) is 49.3 Å². The summed E-state index contributed by atoms with van der Waals surface area (Å²) in [6, 6.07) is 20.0. The van der Waals surface area contributed by atoms with Crippen molar-refractivity contribution in [2.75, 3.05) is 6.54 Å². The van der Waals surface area contributed by atoms with Crippen LogP contribution in [0.1, 0.15) is 24.5 Å². The van der Waals surface area contributed by atoms with Gasteiger partial charge in [0.15, 0.2) is 0 Å². The molecule has 104 valence electrons. The van der Waals surface area contributed by atoms with E-state index in [4.69, 9.17) is 5.11 Å². The molecule has 0 atom stereocenters. The van der Waals surface area contributed by atoms with Gasteiger partial charge in [0.25, 0.3) is 0 Å². The van der Waals surface area contributed by atoms with Gasteiger partial charge in [0.05, 0.1) is 12.1 Å². The van der Waals surface area contributed by atoms with Gasteiger partial charge in [-0.15, -0.1) is 0 Å². The lowest BCUT2D eigenvalue weighted by molar-refractivity contribution is -0.136. The Morgan fingerprint density at radius 3 is 1.80 bits per heavy atom. The molecule has 0 bridgehead atoms. The Labute approximate surface area is 119 Å². The number of aliphatic carboxylic acids is 1. The minimum Gasteiger partial charge on any atom is -0.480 e. The summed E-state index contributed by atoms with van der Waals surface area (Å²) in [6.45, 7) is 1.99. The number of carboxylic acids is 1. The molecule has 2 aromatic rings. The minimum absolute atomic E-state index is 0.0718. The van der Waals surface area contributed by atoms with Crippen LogP contribution < -0.4 is 5.32 Å². The third-order valence-electron chi connectivity index (χ3n) is 3.60. The van der Waals surface area contributed by atoms with E-state index in [2.05, 4.69) is 12.2 Å².